The molecule has 0 aromatic heterocycles. The Hall–Kier alpha value is -4.16. The van der Waals surface area contributed by atoms with Crippen molar-refractivity contribution in [3.8, 4) is 0 Å². The second-order valence-electron chi connectivity index (χ2n) is 15.0. The molecule has 0 aliphatic heterocycles. The first-order valence-corrected chi connectivity index (χ1v) is 17.6. The van der Waals surface area contributed by atoms with E-state index >= 15 is 0 Å². The van der Waals surface area contributed by atoms with E-state index in [2.05, 4.69) is 26.6 Å². The molecule has 5 atom stereocenters. The van der Waals surface area contributed by atoms with E-state index in [1.807, 2.05) is 71.9 Å². The molecule has 5 amide bonds. The largest absolute Gasteiger partial charge is 0.467 e. The van der Waals surface area contributed by atoms with Gasteiger partial charge in [-0.05, 0) is 69.8 Å². The molecule has 13 heteroatoms. The summed E-state index contributed by atoms with van der Waals surface area (Å²) in [5.74, 6) is -2.84. The van der Waals surface area contributed by atoms with E-state index in [9.17, 15) is 28.8 Å². The van der Waals surface area contributed by atoms with Crippen LogP contribution in [0, 0.1) is 17.8 Å². The minimum Gasteiger partial charge on any atom is -0.467 e. The molecule has 50 heavy (non-hydrogen) atoms. The van der Waals surface area contributed by atoms with Crippen molar-refractivity contribution in [2.75, 3.05) is 7.11 Å². The number of carbonyl (C=O) groups excluding carboxylic acids is 6. The van der Waals surface area contributed by atoms with Gasteiger partial charge in [0.15, 0.2) is 0 Å². The maximum absolute atomic E-state index is 13.6. The Kier molecular flexibility index (Phi) is 18.5. The third-order valence-electron chi connectivity index (χ3n) is 7.52. The number of nitrogens with one attached hydrogen (secondary N) is 5. The Morgan fingerprint density at radius 2 is 0.980 bits per heavy atom. The van der Waals surface area contributed by atoms with Gasteiger partial charge in [-0.15, -0.1) is 0 Å². The lowest BCUT2D eigenvalue weighted by atomic mass is 9.99. The van der Waals surface area contributed by atoms with Crippen molar-refractivity contribution < 1.29 is 38.2 Å². The molecule has 0 saturated heterocycles. The van der Waals surface area contributed by atoms with Gasteiger partial charge in [-0.25, -0.2) is 9.59 Å². The number of hydrogen-bond acceptors (Lipinski definition) is 8. The van der Waals surface area contributed by atoms with Gasteiger partial charge in [0.25, 0.3) is 0 Å². The summed E-state index contributed by atoms with van der Waals surface area (Å²) in [7, 11) is 1.24. The summed E-state index contributed by atoms with van der Waals surface area (Å²) in [4.78, 5) is 79.2. The number of alkyl carbamates (subject to hydrolysis) is 1. The van der Waals surface area contributed by atoms with E-state index in [1.54, 1.807) is 27.7 Å². The van der Waals surface area contributed by atoms with Gasteiger partial charge in [-0.1, -0.05) is 78.8 Å². The van der Waals surface area contributed by atoms with Crippen molar-refractivity contribution in [1.82, 2.24) is 26.6 Å². The van der Waals surface area contributed by atoms with E-state index in [0.717, 1.165) is 5.56 Å². The zero-order valence-electron chi connectivity index (χ0n) is 31.8. The molecule has 0 spiro atoms. The molecule has 0 aliphatic rings. The van der Waals surface area contributed by atoms with E-state index in [0.29, 0.717) is 6.42 Å². The van der Waals surface area contributed by atoms with Gasteiger partial charge in [0.05, 0.1) is 7.11 Å². The molecule has 1 rings (SSSR count). The molecule has 0 radical (unpaired) electrons. The Morgan fingerprint density at radius 3 is 1.36 bits per heavy atom. The quantitative estimate of drug-likeness (QED) is 0.135. The smallest absolute Gasteiger partial charge is 0.408 e. The van der Waals surface area contributed by atoms with Crippen LogP contribution < -0.4 is 26.6 Å². The predicted molar refractivity (Wildman–Crippen MR) is 192 cm³/mol. The number of rotatable bonds is 19. The molecular weight excluding hydrogens is 642 g/mol. The fraction of sp³-hybridized carbons (Fsp3) is 0.676. The first kappa shape index (κ1) is 43.9. The summed E-state index contributed by atoms with van der Waals surface area (Å²) in [6.45, 7) is 18.3. The molecule has 0 heterocycles. The summed E-state index contributed by atoms with van der Waals surface area (Å²) >= 11 is 0. The molecule has 1 aromatic carbocycles. The Bertz CT molecular complexity index is 1260. The summed E-state index contributed by atoms with van der Waals surface area (Å²) in [6, 6.07) is 4.20. The van der Waals surface area contributed by atoms with Crippen LogP contribution in [0.3, 0.4) is 0 Å². The molecule has 5 N–H and O–H groups in total. The monoisotopic (exact) mass is 703 g/mol. The van der Waals surface area contributed by atoms with Crippen molar-refractivity contribution in [3.63, 3.8) is 0 Å². The van der Waals surface area contributed by atoms with Crippen LogP contribution in [0.15, 0.2) is 30.3 Å². The number of ether oxygens (including phenoxy) is 2. The topological polar surface area (TPSA) is 181 Å². The Morgan fingerprint density at radius 1 is 0.600 bits per heavy atom. The SMILES string of the molecule is CC[C@H](NC(=O)[C@H](CC(C)C)NC(=O)[C@H](CC(C)C)NC(=O)OC(C)(C)C)C(=O)N[C@@H](CC(C)C)C(=O)N[C@@H](Cc1ccccc1)C(=O)OC. The first-order valence-electron chi connectivity index (χ1n) is 17.6. The number of hydrogen-bond donors (Lipinski definition) is 5. The Balaban J connectivity index is 3.13. The van der Waals surface area contributed by atoms with Crippen molar-refractivity contribution in [1.29, 1.82) is 0 Å². The van der Waals surface area contributed by atoms with Crippen molar-refractivity contribution >= 4 is 35.7 Å². The van der Waals surface area contributed by atoms with Crippen LogP contribution >= 0.6 is 0 Å². The van der Waals surface area contributed by atoms with Crippen LogP contribution in [-0.2, 0) is 39.9 Å². The lowest BCUT2D eigenvalue weighted by Gasteiger charge is -2.28. The predicted octanol–water partition coefficient (Wildman–Crippen LogP) is 3.78. The minimum atomic E-state index is -1.02. The van der Waals surface area contributed by atoms with Crippen LogP contribution in [-0.4, -0.2) is 78.6 Å². The number of benzene rings is 1. The molecule has 0 bridgehead atoms. The number of carbonyl (C=O) groups is 6. The van der Waals surface area contributed by atoms with Crippen LogP contribution in [0.5, 0.6) is 0 Å². The minimum absolute atomic E-state index is 0.0000718. The third-order valence-corrected chi connectivity index (χ3v) is 7.52. The molecule has 1 aromatic rings. The summed E-state index contributed by atoms with van der Waals surface area (Å²) in [6.07, 6.45) is 0.501. The van der Waals surface area contributed by atoms with E-state index in [-0.39, 0.29) is 43.4 Å². The molecule has 0 fully saturated rings. The molecule has 0 aliphatic carbocycles. The van der Waals surface area contributed by atoms with E-state index in [1.165, 1.54) is 7.11 Å². The van der Waals surface area contributed by atoms with Gasteiger partial charge < -0.3 is 36.1 Å². The molecule has 0 saturated carbocycles. The Labute approximate surface area is 298 Å². The molecular formula is C37H61N5O8. The van der Waals surface area contributed by atoms with Crippen molar-refractivity contribution in [2.24, 2.45) is 17.8 Å². The highest BCUT2D eigenvalue weighted by molar-refractivity contribution is 5.96. The highest BCUT2D eigenvalue weighted by Crippen LogP contribution is 2.13. The second-order valence-corrected chi connectivity index (χ2v) is 15.0. The fourth-order valence-corrected chi connectivity index (χ4v) is 5.19. The third kappa shape index (κ3) is 17.0. The van der Waals surface area contributed by atoms with Gasteiger partial charge in [-0.3, -0.25) is 19.2 Å². The highest BCUT2D eigenvalue weighted by Gasteiger charge is 2.33. The average Bonchev–Trinajstić information content (AvgIpc) is 3.00. The normalized spacial score (nSPS) is 14.5. The molecule has 13 nitrogen and oxygen atoms in total. The van der Waals surface area contributed by atoms with Crippen molar-refractivity contribution in [3.05, 3.63) is 35.9 Å². The van der Waals surface area contributed by atoms with Crippen LogP contribution in [0.1, 0.15) is 100 Å². The van der Waals surface area contributed by atoms with Crippen molar-refractivity contribution in [2.45, 2.75) is 137 Å². The average molecular weight is 704 g/mol. The lowest BCUT2D eigenvalue weighted by molar-refractivity contribution is -0.145. The standard InChI is InChI=1S/C37H61N5O8/c1-12-26(31(43)39-28(19-23(4)5)33(45)41-30(35(47)49-11)21-25-16-14-13-15-17-25)38-32(44)27(18-22(2)3)40-34(46)29(20-24(6)7)42-36(48)50-37(8,9)10/h13-17,22-24,26-30H,12,18-21H2,1-11H3,(H,38,44)(H,39,43)(H,40,46)(H,41,45)(H,42,48)/t26-,27-,28-,29-,30-/m0/s1. The maximum Gasteiger partial charge on any atom is 0.408 e. The highest BCUT2D eigenvalue weighted by atomic mass is 16.6. The number of amides is 5. The van der Waals surface area contributed by atoms with Crippen LogP contribution in [0.4, 0.5) is 4.79 Å². The van der Waals surface area contributed by atoms with Gasteiger partial charge in [0.1, 0.15) is 35.8 Å². The van der Waals surface area contributed by atoms with E-state index in [4.69, 9.17) is 9.47 Å². The van der Waals surface area contributed by atoms with E-state index < -0.39 is 71.5 Å². The van der Waals surface area contributed by atoms with Gasteiger partial charge >= 0.3 is 12.1 Å². The molecule has 282 valence electrons. The zero-order valence-corrected chi connectivity index (χ0v) is 31.8. The first-order chi connectivity index (χ1) is 23.3. The number of esters is 1. The maximum atomic E-state index is 13.6. The number of methoxy groups -OCH3 is 1. The second kappa shape index (κ2) is 21.1. The lowest BCUT2D eigenvalue weighted by Crippen LogP contribution is -2.59. The van der Waals surface area contributed by atoms with Crippen LogP contribution in [0.2, 0.25) is 0 Å². The van der Waals surface area contributed by atoms with Gasteiger partial charge in [0.2, 0.25) is 23.6 Å². The zero-order chi connectivity index (χ0) is 38.2. The summed E-state index contributed by atoms with van der Waals surface area (Å²) in [5.41, 5.74) is 0.0549. The fourth-order valence-electron chi connectivity index (χ4n) is 5.19. The van der Waals surface area contributed by atoms with Gasteiger partial charge in [-0.2, -0.15) is 0 Å². The molecule has 0 unspecified atom stereocenters. The van der Waals surface area contributed by atoms with Gasteiger partial charge in [0, 0.05) is 6.42 Å². The van der Waals surface area contributed by atoms with Crippen LogP contribution in [0.25, 0.3) is 0 Å². The summed E-state index contributed by atoms with van der Waals surface area (Å²) < 4.78 is 10.3. The summed E-state index contributed by atoms with van der Waals surface area (Å²) in [5, 5.41) is 13.6.